The quantitative estimate of drug-likeness (QED) is 0.375. The number of oxime groups is 1. The number of nitrogens with two attached hydrogens (primary N) is 1. The fourth-order valence-corrected chi connectivity index (χ4v) is 2.29. The first-order chi connectivity index (χ1) is 9.54. The van der Waals surface area contributed by atoms with Crippen LogP contribution < -0.4 is 10.5 Å². The van der Waals surface area contributed by atoms with Crippen LogP contribution in [0.25, 0.3) is 0 Å². The van der Waals surface area contributed by atoms with Crippen LogP contribution in [0.3, 0.4) is 0 Å². The van der Waals surface area contributed by atoms with Crippen LogP contribution in [-0.2, 0) is 0 Å². The van der Waals surface area contributed by atoms with Crippen LogP contribution in [0.2, 0.25) is 5.02 Å². The van der Waals surface area contributed by atoms with E-state index in [1.807, 2.05) is 0 Å². The van der Waals surface area contributed by atoms with E-state index in [1.54, 1.807) is 24.3 Å². The lowest BCUT2D eigenvalue weighted by atomic mass is 10.2. The molecular formula is C13H9BrClFN2O2. The minimum Gasteiger partial charge on any atom is -0.453 e. The fraction of sp³-hybridized carbons (Fsp3) is 0. The maximum atomic E-state index is 13.8. The van der Waals surface area contributed by atoms with Crippen LogP contribution >= 0.6 is 27.5 Å². The molecule has 0 aliphatic heterocycles. The van der Waals surface area contributed by atoms with Crippen molar-refractivity contribution < 1.29 is 14.3 Å². The normalized spacial score (nSPS) is 11.4. The standard InChI is InChI=1S/C13H9BrClFN2O2/c14-7-3-1-5-9(11(7)13(17)18-19)20-10-6-2-4-8(15)12(10)16/h1-6,19H,(H2,17,18). The first-order valence-corrected chi connectivity index (χ1v) is 6.60. The SMILES string of the molecule is N/C(=N/O)c1c(Br)cccc1Oc1cccc(Cl)c1F. The van der Waals surface area contributed by atoms with Gasteiger partial charge in [0.1, 0.15) is 5.75 Å². The summed E-state index contributed by atoms with van der Waals surface area (Å²) >= 11 is 8.95. The van der Waals surface area contributed by atoms with Crippen LogP contribution in [-0.4, -0.2) is 11.0 Å². The second-order valence-electron chi connectivity index (χ2n) is 3.75. The van der Waals surface area contributed by atoms with Crippen molar-refractivity contribution in [1.82, 2.24) is 0 Å². The van der Waals surface area contributed by atoms with Gasteiger partial charge in [0.2, 0.25) is 0 Å². The monoisotopic (exact) mass is 358 g/mol. The molecule has 4 nitrogen and oxygen atoms in total. The van der Waals surface area contributed by atoms with E-state index in [2.05, 4.69) is 21.1 Å². The average Bonchev–Trinajstić information content (AvgIpc) is 2.43. The van der Waals surface area contributed by atoms with Crippen LogP contribution in [0.1, 0.15) is 5.56 Å². The Kier molecular flexibility index (Phi) is 4.46. The summed E-state index contributed by atoms with van der Waals surface area (Å²) in [7, 11) is 0. The summed E-state index contributed by atoms with van der Waals surface area (Å²) in [6.07, 6.45) is 0. The molecule has 0 unspecified atom stereocenters. The molecule has 0 atom stereocenters. The summed E-state index contributed by atoms with van der Waals surface area (Å²) in [5, 5.41) is 11.7. The van der Waals surface area contributed by atoms with Crippen molar-refractivity contribution in [3.63, 3.8) is 0 Å². The maximum absolute atomic E-state index is 13.8. The highest BCUT2D eigenvalue weighted by atomic mass is 79.9. The maximum Gasteiger partial charge on any atom is 0.184 e. The van der Waals surface area contributed by atoms with Gasteiger partial charge in [0, 0.05) is 4.47 Å². The van der Waals surface area contributed by atoms with E-state index in [0.29, 0.717) is 10.0 Å². The lowest BCUT2D eigenvalue weighted by molar-refractivity contribution is 0.318. The van der Waals surface area contributed by atoms with Crippen LogP contribution in [0.4, 0.5) is 4.39 Å². The summed E-state index contributed by atoms with van der Waals surface area (Å²) in [4.78, 5) is 0. The second kappa shape index (κ2) is 6.11. The third-order valence-electron chi connectivity index (χ3n) is 2.48. The van der Waals surface area contributed by atoms with Gasteiger partial charge in [-0.3, -0.25) is 0 Å². The lowest BCUT2D eigenvalue weighted by Crippen LogP contribution is -2.15. The van der Waals surface area contributed by atoms with Crippen molar-refractivity contribution in [2.45, 2.75) is 0 Å². The topological polar surface area (TPSA) is 67.8 Å². The van der Waals surface area contributed by atoms with Crippen molar-refractivity contribution >= 4 is 33.4 Å². The predicted octanol–water partition coefficient (Wildman–Crippen LogP) is 4.13. The molecule has 0 heterocycles. The summed E-state index contributed by atoms with van der Waals surface area (Å²) in [5.74, 6) is -0.659. The number of benzene rings is 2. The molecule has 0 amide bonds. The number of amidine groups is 1. The summed E-state index contributed by atoms with van der Waals surface area (Å²) in [6.45, 7) is 0. The van der Waals surface area contributed by atoms with E-state index in [-0.39, 0.29) is 22.4 Å². The highest BCUT2D eigenvalue weighted by Crippen LogP contribution is 2.33. The minimum atomic E-state index is -0.681. The van der Waals surface area contributed by atoms with Gasteiger partial charge in [-0.15, -0.1) is 0 Å². The summed E-state index contributed by atoms with van der Waals surface area (Å²) in [5.41, 5.74) is 5.90. The molecule has 20 heavy (non-hydrogen) atoms. The first kappa shape index (κ1) is 14.6. The number of rotatable bonds is 3. The predicted molar refractivity (Wildman–Crippen MR) is 78.1 cm³/mol. The van der Waals surface area contributed by atoms with Crippen LogP contribution in [0.15, 0.2) is 46.0 Å². The number of hydrogen-bond donors (Lipinski definition) is 2. The summed E-state index contributed by atoms with van der Waals surface area (Å²) in [6, 6.07) is 9.33. The Bertz CT molecular complexity index is 679. The molecule has 2 aromatic rings. The van der Waals surface area contributed by atoms with Gasteiger partial charge in [0.15, 0.2) is 17.4 Å². The molecule has 0 bridgehead atoms. The molecule has 3 N–H and O–H groups in total. The molecule has 104 valence electrons. The van der Waals surface area contributed by atoms with Gasteiger partial charge in [-0.1, -0.05) is 28.9 Å². The highest BCUT2D eigenvalue weighted by molar-refractivity contribution is 9.10. The van der Waals surface area contributed by atoms with Crippen molar-refractivity contribution in [1.29, 1.82) is 0 Å². The number of ether oxygens (including phenoxy) is 1. The highest BCUT2D eigenvalue weighted by Gasteiger charge is 2.15. The Morgan fingerprint density at radius 2 is 1.90 bits per heavy atom. The van der Waals surface area contributed by atoms with E-state index < -0.39 is 5.82 Å². The van der Waals surface area contributed by atoms with Gasteiger partial charge in [-0.2, -0.15) is 0 Å². The van der Waals surface area contributed by atoms with Gasteiger partial charge in [-0.05, 0) is 40.2 Å². The largest absolute Gasteiger partial charge is 0.453 e. The third kappa shape index (κ3) is 2.86. The molecule has 0 saturated heterocycles. The van der Waals surface area contributed by atoms with Crippen LogP contribution in [0.5, 0.6) is 11.5 Å². The zero-order chi connectivity index (χ0) is 14.7. The molecule has 2 rings (SSSR count). The summed E-state index contributed by atoms with van der Waals surface area (Å²) < 4.78 is 19.8. The Hall–Kier alpha value is -1.79. The van der Waals surface area contributed by atoms with E-state index in [4.69, 9.17) is 27.3 Å². The fourth-order valence-electron chi connectivity index (χ4n) is 1.57. The van der Waals surface area contributed by atoms with E-state index in [1.165, 1.54) is 12.1 Å². The smallest absolute Gasteiger partial charge is 0.184 e. The number of hydrogen-bond acceptors (Lipinski definition) is 3. The van der Waals surface area contributed by atoms with E-state index in [0.717, 1.165) is 0 Å². The number of nitrogens with zero attached hydrogens (tertiary/aromatic N) is 1. The molecular weight excluding hydrogens is 351 g/mol. The second-order valence-corrected chi connectivity index (χ2v) is 5.01. The van der Waals surface area contributed by atoms with E-state index in [9.17, 15) is 4.39 Å². The van der Waals surface area contributed by atoms with Gasteiger partial charge >= 0.3 is 0 Å². The van der Waals surface area contributed by atoms with Crippen molar-refractivity contribution in [2.75, 3.05) is 0 Å². The molecule has 0 fully saturated rings. The van der Waals surface area contributed by atoms with E-state index >= 15 is 0 Å². The molecule has 7 heteroatoms. The van der Waals surface area contributed by atoms with Gasteiger partial charge in [0.05, 0.1) is 10.6 Å². The van der Waals surface area contributed by atoms with Crippen molar-refractivity contribution in [3.05, 3.63) is 57.3 Å². The minimum absolute atomic E-state index is 0.0529. The molecule has 2 aromatic carbocycles. The number of halogens is 3. The van der Waals surface area contributed by atoms with Crippen LogP contribution in [0, 0.1) is 5.82 Å². The molecule has 0 spiro atoms. The zero-order valence-corrected chi connectivity index (χ0v) is 12.3. The molecule has 0 saturated carbocycles. The van der Waals surface area contributed by atoms with Gasteiger partial charge < -0.3 is 15.7 Å². The first-order valence-electron chi connectivity index (χ1n) is 5.43. The molecule has 0 aliphatic rings. The molecule has 0 aliphatic carbocycles. The van der Waals surface area contributed by atoms with Gasteiger partial charge in [-0.25, -0.2) is 4.39 Å². The van der Waals surface area contributed by atoms with Crippen molar-refractivity contribution in [3.8, 4) is 11.5 Å². The Balaban J connectivity index is 2.49. The Morgan fingerprint density at radius 3 is 2.60 bits per heavy atom. The molecule has 0 radical (unpaired) electrons. The lowest BCUT2D eigenvalue weighted by Gasteiger charge is -2.12. The Morgan fingerprint density at radius 1 is 1.25 bits per heavy atom. The third-order valence-corrected chi connectivity index (χ3v) is 3.43. The average molecular weight is 360 g/mol. The zero-order valence-electron chi connectivity index (χ0n) is 9.98. The Labute approximate surface area is 127 Å². The van der Waals surface area contributed by atoms with Gasteiger partial charge in [0.25, 0.3) is 0 Å². The molecule has 0 aromatic heterocycles. The van der Waals surface area contributed by atoms with Crippen molar-refractivity contribution in [2.24, 2.45) is 10.9 Å².